The van der Waals surface area contributed by atoms with Gasteiger partial charge in [-0.05, 0) is 44.2 Å². The van der Waals surface area contributed by atoms with E-state index in [4.69, 9.17) is 0 Å². The summed E-state index contributed by atoms with van der Waals surface area (Å²) >= 11 is 0. The van der Waals surface area contributed by atoms with Gasteiger partial charge in [-0.2, -0.15) is 0 Å². The number of para-hydroxylation sites is 1. The number of hydrogen-bond acceptors (Lipinski definition) is 3. The van der Waals surface area contributed by atoms with Gasteiger partial charge in [0.2, 0.25) is 0 Å². The highest BCUT2D eigenvalue weighted by atomic mass is 16.4. The number of rotatable bonds is 4. The summed E-state index contributed by atoms with van der Waals surface area (Å²) in [4.78, 5) is 28.9. The van der Waals surface area contributed by atoms with Gasteiger partial charge in [-0.15, -0.1) is 0 Å². The third-order valence-corrected chi connectivity index (χ3v) is 4.95. The Morgan fingerprint density at radius 2 is 1.96 bits per heavy atom. The molecule has 1 amide bonds. The van der Waals surface area contributed by atoms with Gasteiger partial charge in [-0.3, -0.25) is 9.78 Å². The Hall–Kier alpha value is -2.43. The van der Waals surface area contributed by atoms with Crippen molar-refractivity contribution in [1.29, 1.82) is 0 Å². The van der Waals surface area contributed by atoms with E-state index in [0.717, 1.165) is 35.9 Å². The Bertz CT molecular complexity index is 807. The van der Waals surface area contributed by atoms with Gasteiger partial charge in [-0.25, -0.2) is 4.79 Å². The molecular weight excluding hydrogens is 292 g/mol. The van der Waals surface area contributed by atoms with E-state index in [0.29, 0.717) is 24.3 Å². The molecule has 23 heavy (non-hydrogen) atoms. The number of aliphatic carboxylic acids is 1. The molecule has 0 radical (unpaired) electrons. The first-order chi connectivity index (χ1) is 11.1. The van der Waals surface area contributed by atoms with Gasteiger partial charge in [0, 0.05) is 17.0 Å². The highest BCUT2D eigenvalue weighted by Crippen LogP contribution is 2.40. The van der Waals surface area contributed by atoms with E-state index < -0.39 is 11.5 Å². The van der Waals surface area contributed by atoms with E-state index >= 15 is 0 Å². The van der Waals surface area contributed by atoms with Crippen molar-refractivity contribution in [3.63, 3.8) is 0 Å². The number of carboxylic acids is 1. The van der Waals surface area contributed by atoms with Crippen LogP contribution < -0.4 is 5.32 Å². The average Bonchev–Trinajstić information content (AvgIpc) is 3.34. The maximum absolute atomic E-state index is 12.8. The Kier molecular flexibility index (Phi) is 3.11. The first-order valence-electron chi connectivity index (χ1n) is 8.05. The van der Waals surface area contributed by atoms with Gasteiger partial charge >= 0.3 is 5.97 Å². The third-order valence-electron chi connectivity index (χ3n) is 4.95. The Balaban J connectivity index is 1.75. The lowest BCUT2D eigenvalue weighted by molar-refractivity contribution is -0.148. The molecule has 5 heteroatoms. The molecule has 1 aromatic carbocycles. The molecule has 2 saturated carbocycles. The molecule has 2 aliphatic carbocycles. The maximum atomic E-state index is 12.8. The number of aromatic nitrogens is 1. The van der Waals surface area contributed by atoms with E-state index in [1.807, 2.05) is 30.3 Å². The molecule has 1 heterocycles. The number of nitrogens with one attached hydrogen (secondary N) is 1. The van der Waals surface area contributed by atoms with Crippen LogP contribution in [0.25, 0.3) is 10.9 Å². The molecule has 0 spiro atoms. The summed E-state index contributed by atoms with van der Waals surface area (Å²) in [5.74, 6) is -0.825. The summed E-state index contributed by atoms with van der Waals surface area (Å²) in [7, 11) is 0. The molecular formula is C18H18N2O3. The van der Waals surface area contributed by atoms with Crippen molar-refractivity contribution in [2.75, 3.05) is 0 Å². The fourth-order valence-electron chi connectivity index (χ4n) is 3.18. The molecule has 0 unspecified atom stereocenters. The zero-order chi connectivity index (χ0) is 16.0. The zero-order valence-electron chi connectivity index (χ0n) is 12.7. The summed E-state index contributed by atoms with van der Waals surface area (Å²) < 4.78 is 0. The molecule has 0 aliphatic heterocycles. The second-order valence-corrected chi connectivity index (χ2v) is 6.58. The van der Waals surface area contributed by atoms with Gasteiger partial charge in [0.15, 0.2) is 0 Å². The number of amides is 1. The Labute approximate surface area is 133 Å². The van der Waals surface area contributed by atoms with E-state index in [2.05, 4.69) is 10.3 Å². The van der Waals surface area contributed by atoms with Crippen LogP contribution in [0.4, 0.5) is 0 Å². The molecule has 0 atom stereocenters. The molecule has 0 bridgehead atoms. The normalized spacial score (nSPS) is 19.1. The monoisotopic (exact) mass is 310 g/mol. The summed E-state index contributed by atoms with van der Waals surface area (Å²) in [5, 5.41) is 12.9. The molecule has 118 valence electrons. The molecule has 0 saturated heterocycles. The minimum atomic E-state index is -1.10. The van der Waals surface area contributed by atoms with Crippen molar-refractivity contribution in [1.82, 2.24) is 10.3 Å². The van der Waals surface area contributed by atoms with Gasteiger partial charge in [0.1, 0.15) is 5.54 Å². The van der Waals surface area contributed by atoms with Crippen LogP contribution in [0.1, 0.15) is 54.1 Å². The first-order valence-corrected chi connectivity index (χ1v) is 8.05. The predicted octanol–water partition coefficient (Wildman–Crippen LogP) is 2.85. The second-order valence-electron chi connectivity index (χ2n) is 6.58. The number of carbonyl (C=O) groups excluding carboxylic acids is 1. The summed E-state index contributed by atoms with van der Waals surface area (Å²) in [6.45, 7) is 0. The van der Waals surface area contributed by atoms with Crippen LogP contribution in [0, 0.1) is 0 Å². The number of nitrogens with zero attached hydrogens (tertiary/aromatic N) is 1. The standard InChI is InChI=1S/C18H18N2O3/c21-16(20-18(17(22)23)8-3-9-18)13-10-15(11-6-7-11)19-14-5-2-1-4-12(13)14/h1-2,4-5,10-11H,3,6-9H2,(H,20,21)(H,22,23). The number of benzene rings is 1. The number of pyridine rings is 1. The molecule has 5 nitrogen and oxygen atoms in total. The van der Waals surface area contributed by atoms with Crippen LogP contribution in [0.15, 0.2) is 30.3 Å². The summed E-state index contributed by atoms with van der Waals surface area (Å²) in [5.41, 5.74) is 1.16. The van der Waals surface area contributed by atoms with Crippen LogP contribution in [0.2, 0.25) is 0 Å². The second kappa shape index (κ2) is 5.05. The predicted molar refractivity (Wildman–Crippen MR) is 85.4 cm³/mol. The van der Waals surface area contributed by atoms with E-state index in [-0.39, 0.29) is 5.91 Å². The molecule has 2 aliphatic rings. The number of carboxylic acid groups (broad SMARTS) is 1. The van der Waals surface area contributed by atoms with Crippen molar-refractivity contribution >= 4 is 22.8 Å². The number of carbonyl (C=O) groups is 2. The van der Waals surface area contributed by atoms with E-state index in [1.165, 1.54) is 0 Å². The maximum Gasteiger partial charge on any atom is 0.329 e. The minimum absolute atomic E-state index is 0.312. The highest BCUT2D eigenvalue weighted by molar-refractivity contribution is 6.07. The smallest absolute Gasteiger partial charge is 0.329 e. The average molecular weight is 310 g/mol. The number of hydrogen-bond donors (Lipinski definition) is 2. The summed E-state index contributed by atoms with van der Waals surface area (Å²) in [6.07, 6.45) is 4.02. The van der Waals surface area contributed by atoms with Crippen LogP contribution in [0.3, 0.4) is 0 Å². The molecule has 2 N–H and O–H groups in total. The van der Waals surface area contributed by atoms with Gasteiger partial charge < -0.3 is 10.4 Å². The topological polar surface area (TPSA) is 79.3 Å². The van der Waals surface area contributed by atoms with Crippen LogP contribution in [-0.4, -0.2) is 27.5 Å². The lowest BCUT2D eigenvalue weighted by atomic mass is 9.76. The molecule has 2 fully saturated rings. The van der Waals surface area contributed by atoms with Crippen molar-refractivity contribution < 1.29 is 14.7 Å². The quantitative estimate of drug-likeness (QED) is 0.910. The van der Waals surface area contributed by atoms with Gasteiger partial charge in [0.05, 0.1) is 11.1 Å². The summed E-state index contributed by atoms with van der Waals surface area (Å²) in [6, 6.07) is 9.37. The van der Waals surface area contributed by atoms with Crippen LogP contribution in [-0.2, 0) is 4.79 Å². The van der Waals surface area contributed by atoms with Crippen molar-refractivity contribution in [3.8, 4) is 0 Å². The first kappa shape index (κ1) is 14.2. The Morgan fingerprint density at radius 1 is 1.22 bits per heavy atom. The fraction of sp³-hybridized carbons (Fsp3) is 0.389. The zero-order valence-corrected chi connectivity index (χ0v) is 12.7. The molecule has 4 rings (SSSR count). The van der Waals surface area contributed by atoms with E-state index in [1.54, 1.807) is 0 Å². The molecule has 2 aromatic rings. The SMILES string of the molecule is O=C(NC1(C(=O)O)CCC1)c1cc(C2CC2)nc2ccccc12. The largest absolute Gasteiger partial charge is 0.480 e. The van der Waals surface area contributed by atoms with E-state index in [9.17, 15) is 14.7 Å². The van der Waals surface area contributed by atoms with Crippen molar-refractivity contribution in [3.05, 3.63) is 41.6 Å². The van der Waals surface area contributed by atoms with Crippen LogP contribution in [0.5, 0.6) is 0 Å². The Morgan fingerprint density at radius 3 is 2.57 bits per heavy atom. The third kappa shape index (κ3) is 2.36. The van der Waals surface area contributed by atoms with Crippen molar-refractivity contribution in [2.45, 2.75) is 43.6 Å². The highest BCUT2D eigenvalue weighted by Gasteiger charge is 2.46. The van der Waals surface area contributed by atoms with Crippen molar-refractivity contribution in [2.24, 2.45) is 0 Å². The molecule has 1 aromatic heterocycles. The van der Waals surface area contributed by atoms with Gasteiger partial charge in [0.25, 0.3) is 5.91 Å². The number of fused-ring (bicyclic) bond motifs is 1. The van der Waals surface area contributed by atoms with Crippen LogP contribution >= 0.6 is 0 Å². The minimum Gasteiger partial charge on any atom is -0.480 e. The lowest BCUT2D eigenvalue weighted by Gasteiger charge is -2.38. The lowest BCUT2D eigenvalue weighted by Crippen LogP contribution is -2.59. The van der Waals surface area contributed by atoms with Gasteiger partial charge in [-0.1, -0.05) is 18.2 Å². The fourth-order valence-corrected chi connectivity index (χ4v) is 3.18.